The maximum absolute atomic E-state index is 5.71. The Balaban J connectivity index is 1.65. The van der Waals surface area contributed by atoms with Crippen LogP contribution in [0.2, 0.25) is 0 Å². The van der Waals surface area contributed by atoms with Gasteiger partial charge in [0.2, 0.25) is 0 Å². The third kappa shape index (κ3) is 1.75. The van der Waals surface area contributed by atoms with Crippen molar-refractivity contribution in [3.8, 4) is 12.3 Å². The molecule has 0 aromatic carbocycles. The Labute approximate surface area is 123 Å². The van der Waals surface area contributed by atoms with Crippen LogP contribution in [0.5, 0.6) is 0 Å². The zero-order valence-electron chi connectivity index (χ0n) is 12.5. The first kappa shape index (κ1) is 12.8. The second-order valence-corrected chi connectivity index (χ2v) is 7.63. The number of allylic oxidation sites excluding steroid dienone is 4. The van der Waals surface area contributed by atoms with E-state index in [0.29, 0.717) is 5.41 Å². The molecule has 0 unspecified atom stereocenters. The summed E-state index contributed by atoms with van der Waals surface area (Å²) < 4.78 is 0. The molecule has 20 heavy (non-hydrogen) atoms. The Morgan fingerprint density at radius 2 is 2.15 bits per heavy atom. The fourth-order valence-electron chi connectivity index (χ4n) is 6.20. The van der Waals surface area contributed by atoms with E-state index in [4.69, 9.17) is 6.42 Å². The number of terminal acetylenes is 1. The van der Waals surface area contributed by atoms with Gasteiger partial charge >= 0.3 is 0 Å². The van der Waals surface area contributed by atoms with Crippen LogP contribution in [0, 0.1) is 41.4 Å². The van der Waals surface area contributed by atoms with E-state index in [9.17, 15) is 0 Å². The summed E-state index contributed by atoms with van der Waals surface area (Å²) in [5, 5.41) is 0. The minimum atomic E-state index is 0.533. The molecule has 2 saturated carbocycles. The molecule has 0 bridgehead atoms. The van der Waals surface area contributed by atoms with E-state index in [-0.39, 0.29) is 0 Å². The van der Waals surface area contributed by atoms with E-state index >= 15 is 0 Å². The summed E-state index contributed by atoms with van der Waals surface area (Å²) >= 11 is 0. The maximum Gasteiger partial charge on any atom is 0.0145 e. The van der Waals surface area contributed by atoms with E-state index in [1.807, 2.05) is 0 Å². The third-order valence-corrected chi connectivity index (χ3v) is 7.00. The lowest BCUT2D eigenvalue weighted by molar-refractivity contribution is 0.00568. The summed E-state index contributed by atoms with van der Waals surface area (Å²) in [4.78, 5) is 0. The van der Waals surface area contributed by atoms with Gasteiger partial charge in [-0.3, -0.25) is 0 Å². The lowest BCUT2D eigenvalue weighted by Gasteiger charge is -2.52. The van der Waals surface area contributed by atoms with Gasteiger partial charge in [-0.1, -0.05) is 24.6 Å². The SMILES string of the molecule is C#CC[C@@]12CCC[C@H]1[C@@H]1CC=C3C=CCC[C@@H]3[C@H]1CC2. The average molecular weight is 266 g/mol. The first-order chi connectivity index (χ1) is 9.84. The summed E-state index contributed by atoms with van der Waals surface area (Å²) in [5.41, 5.74) is 2.20. The number of hydrogen-bond donors (Lipinski definition) is 0. The van der Waals surface area contributed by atoms with Crippen LogP contribution >= 0.6 is 0 Å². The predicted molar refractivity (Wildman–Crippen MR) is 84.0 cm³/mol. The lowest BCUT2D eigenvalue weighted by atomic mass is 9.52. The standard InChI is InChI=1S/C20H26/c1-2-12-20-13-5-8-19(20)18-10-9-15-6-3-4-7-16(15)17(18)11-14-20/h1,3,6,9,16-19H,4-5,7-8,10-14H2/t16-,17+,18+,19-,20-/m0/s1. The van der Waals surface area contributed by atoms with Crippen molar-refractivity contribution in [2.75, 3.05) is 0 Å². The van der Waals surface area contributed by atoms with Gasteiger partial charge in [0.15, 0.2) is 0 Å². The molecule has 0 nitrogen and oxygen atoms in total. The minimum absolute atomic E-state index is 0.533. The van der Waals surface area contributed by atoms with Crippen LogP contribution in [0.25, 0.3) is 0 Å². The van der Waals surface area contributed by atoms with Crippen LogP contribution in [0.4, 0.5) is 0 Å². The van der Waals surface area contributed by atoms with Gasteiger partial charge in [-0.05, 0) is 79.6 Å². The van der Waals surface area contributed by atoms with E-state index in [1.54, 1.807) is 5.57 Å². The predicted octanol–water partition coefficient (Wildman–Crippen LogP) is 5.12. The van der Waals surface area contributed by atoms with Crippen molar-refractivity contribution >= 4 is 0 Å². The van der Waals surface area contributed by atoms with Crippen LogP contribution in [0.15, 0.2) is 23.8 Å². The molecule has 0 aromatic rings. The van der Waals surface area contributed by atoms with E-state index < -0.39 is 0 Å². The molecule has 0 spiro atoms. The molecular formula is C20H26. The molecule has 2 fully saturated rings. The fraction of sp³-hybridized carbons (Fsp3) is 0.700. The summed E-state index contributed by atoms with van der Waals surface area (Å²) in [6.45, 7) is 0. The number of hydrogen-bond acceptors (Lipinski definition) is 0. The molecule has 0 N–H and O–H groups in total. The van der Waals surface area contributed by atoms with Crippen molar-refractivity contribution in [1.29, 1.82) is 0 Å². The van der Waals surface area contributed by atoms with Crippen molar-refractivity contribution < 1.29 is 0 Å². The van der Waals surface area contributed by atoms with Crippen LogP contribution < -0.4 is 0 Å². The van der Waals surface area contributed by atoms with Gasteiger partial charge in [0, 0.05) is 6.42 Å². The number of rotatable bonds is 1. The van der Waals surface area contributed by atoms with Gasteiger partial charge in [-0.15, -0.1) is 12.3 Å². The molecule has 4 aliphatic rings. The van der Waals surface area contributed by atoms with Gasteiger partial charge in [0.25, 0.3) is 0 Å². The van der Waals surface area contributed by atoms with Crippen LogP contribution in [-0.4, -0.2) is 0 Å². The number of fused-ring (bicyclic) bond motifs is 5. The van der Waals surface area contributed by atoms with Crippen molar-refractivity contribution in [2.24, 2.45) is 29.1 Å². The highest BCUT2D eigenvalue weighted by atomic mass is 14.6. The van der Waals surface area contributed by atoms with E-state index in [0.717, 1.165) is 30.1 Å². The Kier molecular flexibility index (Phi) is 3.06. The molecule has 0 heteroatoms. The van der Waals surface area contributed by atoms with Gasteiger partial charge in [-0.25, -0.2) is 0 Å². The van der Waals surface area contributed by atoms with Gasteiger partial charge < -0.3 is 0 Å². The maximum atomic E-state index is 5.71. The molecule has 0 amide bonds. The van der Waals surface area contributed by atoms with Gasteiger partial charge in [0.1, 0.15) is 0 Å². The molecular weight excluding hydrogens is 240 g/mol. The highest BCUT2D eigenvalue weighted by Crippen LogP contribution is 2.62. The third-order valence-electron chi connectivity index (χ3n) is 7.00. The first-order valence-corrected chi connectivity index (χ1v) is 8.64. The highest BCUT2D eigenvalue weighted by molar-refractivity contribution is 5.29. The molecule has 5 atom stereocenters. The summed E-state index contributed by atoms with van der Waals surface area (Å²) in [6, 6.07) is 0. The largest absolute Gasteiger partial charge is 0.120 e. The Bertz CT molecular complexity index is 489. The van der Waals surface area contributed by atoms with E-state index in [1.165, 1.54) is 51.4 Å². The zero-order valence-corrected chi connectivity index (χ0v) is 12.5. The normalized spacial score (nSPS) is 45.9. The molecule has 0 saturated heterocycles. The summed E-state index contributed by atoms with van der Waals surface area (Å²) in [7, 11) is 0. The molecule has 0 heterocycles. The fourth-order valence-corrected chi connectivity index (χ4v) is 6.20. The monoisotopic (exact) mass is 266 g/mol. The summed E-state index contributed by atoms with van der Waals surface area (Å²) in [6.07, 6.45) is 25.3. The second-order valence-electron chi connectivity index (χ2n) is 7.63. The van der Waals surface area contributed by atoms with Crippen molar-refractivity contribution in [1.82, 2.24) is 0 Å². The summed E-state index contributed by atoms with van der Waals surface area (Å²) in [5.74, 6) is 6.75. The molecule has 0 radical (unpaired) electrons. The second kappa shape index (κ2) is 4.80. The molecule has 0 aromatic heterocycles. The topological polar surface area (TPSA) is 0 Å². The zero-order chi connectivity index (χ0) is 13.6. The van der Waals surface area contributed by atoms with Crippen LogP contribution in [0.1, 0.15) is 57.8 Å². The Morgan fingerprint density at radius 1 is 1.20 bits per heavy atom. The van der Waals surface area contributed by atoms with Crippen molar-refractivity contribution in [3.63, 3.8) is 0 Å². The van der Waals surface area contributed by atoms with Gasteiger partial charge in [0.05, 0.1) is 0 Å². The van der Waals surface area contributed by atoms with Crippen molar-refractivity contribution in [3.05, 3.63) is 23.8 Å². The first-order valence-electron chi connectivity index (χ1n) is 8.64. The van der Waals surface area contributed by atoms with Crippen LogP contribution in [-0.2, 0) is 0 Å². The molecule has 0 aliphatic heterocycles. The Morgan fingerprint density at radius 3 is 3.05 bits per heavy atom. The smallest absolute Gasteiger partial charge is 0.0145 e. The average Bonchev–Trinajstić information content (AvgIpc) is 2.91. The van der Waals surface area contributed by atoms with E-state index in [2.05, 4.69) is 24.1 Å². The molecule has 106 valence electrons. The lowest BCUT2D eigenvalue weighted by Crippen LogP contribution is -2.44. The van der Waals surface area contributed by atoms with Crippen molar-refractivity contribution in [2.45, 2.75) is 57.8 Å². The van der Waals surface area contributed by atoms with Gasteiger partial charge in [-0.2, -0.15) is 0 Å². The molecule has 4 aliphatic carbocycles. The highest BCUT2D eigenvalue weighted by Gasteiger charge is 2.53. The quantitative estimate of drug-likeness (QED) is 0.578. The van der Waals surface area contributed by atoms with Crippen LogP contribution in [0.3, 0.4) is 0 Å². The Hall–Kier alpha value is -0.960. The minimum Gasteiger partial charge on any atom is -0.120 e. The molecule has 4 rings (SSSR count).